The Kier molecular flexibility index (Phi) is 5.37. The predicted octanol–water partition coefficient (Wildman–Crippen LogP) is 2.97. The zero-order chi connectivity index (χ0) is 19.6. The summed E-state index contributed by atoms with van der Waals surface area (Å²) in [6, 6.07) is 1.86. The van der Waals surface area contributed by atoms with Crippen LogP contribution >= 0.6 is 0 Å². The molecule has 0 aromatic carbocycles. The van der Waals surface area contributed by atoms with Crippen LogP contribution in [-0.4, -0.2) is 44.6 Å². The molecular weight excluding hydrogens is 358 g/mol. The number of carbonyl (C=O) groups excluding carboxylic acids is 3. The highest BCUT2D eigenvalue weighted by Gasteiger charge is 2.52. The highest BCUT2D eigenvalue weighted by atomic mass is 16.2. The van der Waals surface area contributed by atoms with Gasteiger partial charge < -0.3 is 10.6 Å². The molecule has 4 amide bonds. The number of carbonyl (C=O) groups is 3. The minimum Gasteiger partial charge on any atom is -0.323 e. The molecule has 1 aromatic heterocycles. The molecule has 0 bridgehead atoms. The second-order valence-corrected chi connectivity index (χ2v) is 8.28. The molecule has 1 aromatic rings. The molecule has 152 valence electrons. The fraction of sp³-hybridized carbons (Fsp3) is 0.700. The number of amides is 4. The van der Waals surface area contributed by atoms with E-state index in [-0.39, 0.29) is 30.8 Å². The van der Waals surface area contributed by atoms with Crippen LogP contribution in [0.15, 0.2) is 12.3 Å². The van der Waals surface area contributed by atoms with E-state index >= 15 is 0 Å². The molecule has 2 saturated carbocycles. The van der Waals surface area contributed by atoms with Gasteiger partial charge in [-0.15, -0.1) is 0 Å². The standard InChI is InChI=1S/C20H29N5O3/c26-17(22-16-10-13-21-25(16)15-7-2-1-3-8-15)9-6-14-24-18(27)20(23-19(24)28)11-4-5-12-20/h10,13,15H,1-9,11-12,14H2,(H,22,26)(H,23,28). The van der Waals surface area contributed by atoms with Gasteiger partial charge in [-0.25, -0.2) is 9.48 Å². The number of rotatable bonds is 6. The summed E-state index contributed by atoms with van der Waals surface area (Å²) in [6.07, 6.45) is 11.7. The third kappa shape index (κ3) is 3.64. The predicted molar refractivity (Wildman–Crippen MR) is 104 cm³/mol. The lowest BCUT2D eigenvalue weighted by Crippen LogP contribution is -2.44. The van der Waals surface area contributed by atoms with Gasteiger partial charge in [0.05, 0.1) is 12.2 Å². The Bertz CT molecular complexity index is 747. The lowest BCUT2D eigenvalue weighted by molar-refractivity contribution is -0.131. The Morgan fingerprint density at radius 3 is 2.68 bits per heavy atom. The minimum absolute atomic E-state index is 0.111. The number of imide groups is 1. The first kappa shape index (κ1) is 19.0. The maximum Gasteiger partial charge on any atom is 0.325 e. The van der Waals surface area contributed by atoms with Crippen LogP contribution in [0.4, 0.5) is 10.6 Å². The van der Waals surface area contributed by atoms with Crippen LogP contribution in [0.2, 0.25) is 0 Å². The minimum atomic E-state index is -0.675. The topological polar surface area (TPSA) is 96.3 Å². The summed E-state index contributed by atoms with van der Waals surface area (Å²) in [7, 11) is 0. The van der Waals surface area contributed by atoms with Crippen LogP contribution in [0.1, 0.15) is 76.7 Å². The fourth-order valence-electron chi connectivity index (χ4n) is 4.83. The number of aromatic nitrogens is 2. The molecule has 0 radical (unpaired) electrons. The van der Waals surface area contributed by atoms with E-state index in [0.29, 0.717) is 12.5 Å². The first-order chi connectivity index (χ1) is 13.6. The van der Waals surface area contributed by atoms with E-state index in [1.807, 2.05) is 10.7 Å². The van der Waals surface area contributed by atoms with Gasteiger partial charge in [-0.1, -0.05) is 32.1 Å². The number of hydrogen-bond acceptors (Lipinski definition) is 4. The van der Waals surface area contributed by atoms with Crippen LogP contribution in [-0.2, 0) is 9.59 Å². The molecule has 2 N–H and O–H groups in total. The van der Waals surface area contributed by atoms with Crippen LogP contribution < -0.4 is 10.6 Å². The van der Waals surface area contributed by atoms with Crippen LogP contribution in [0.25, 0.3) is 0 Å². The Hall–Kier alpha value is -2.38. The first-order valence-electron chi connectivity index (χ1n) is 10.6. The third-order valence-electron chi connectivity index (χ3n) is 6.35. The van der Waals surface area contributed by atoms with Crippen LogP contribution in [0.3, 0.4) is 0 Å². The number of urea groups is 1. The van der Waals surface area contributed by atoms with Crippen molar-refractivity contribution < 1.29 is 14.4 Å². The summed E-state index contributed by atoms with van der Waals surface area (Å²) < 4.78 is 1.93. The lowest BCUT2D eigenvalue weighted by Gasteiger charge is -2.24. The average molecular weight is 387 g/mol. The van der Waals surface area contributed by atoms with Gasteiger partial charge in [0.1, 0.15) is 11.4 Å². The number of nitrogens with one attached hydrogen (secondary N) is 2. The first-order valence-corrected chi connectivity index (χ1v) is 10.6. The van der Waals surface area contributed by atoms with Gasteiger partial charge in [0.15, 0.2) is 0 Å². The molecule has 2 heterocycles. The Labute approximate surface area is 165 Å². The number of hydrogen-bond donors (Lipinski definition) is 2. The zero-order valence-electron chi connectivity index (χ0n) is 16.3. The summed E-state index contributed by atoms with van der Waals surface area (Å²) >= 11 is 0. The highest BCUT2D eigenvalue weighted by Crippen LogP contribution is 2.35. The van der Waals surface area contributed by atoms with E-state index in [2.05, 4.69) is 15.7 Å². The highest BCUT2D eigenvalue weighted by molar-refractivity contribution is 6.07. The van der Waals surface area contributed by atoms with Gasteiger partial charge in [0, 0.05) is 19.0 Å². The van der Waals surface area contributed by atoms with E-state index in [0.717, 1.165) is 44.3 Å². The largest absolute Gasteiger partial charge is 0.325 e. The molecule has 1 spiro atoms. The molecule has 8 heteroatoms. The van der Waals surface area contributed by atoms with Crippen molar-refractivity contribution >= 4 is 23.7 Å². The van der Waals surface area contributed by atoms with Gasteiger partial charge in [-0.05, 0) is 32.1 Å². The molecule has 3 aliphatic rings. The molecule has 1 saturated heterocycles. The number of nitrogens with zero attached hydrogens (tertiary/aromatic N) is 3. The summed E-state index contributed by atoms with van der Waals surface area (Å²) in [5.74, 6) is 0.503. The zero-order valence-corrected chi connectivity index (χ0v) is 16.3. The van der Waals surface area contributed by atoms with Crippen LogP contribution in [0.5, 0.6) is 0 Å². The molecule has 28 heavy (non-hydrogen) atoms. The van der Waals surface area contributed by atoms with E-state index in [9.17, 15) is 14.4 Å². The molecule has 3 fully saturated rings. The molecule has 0 atom stereocenters. The molecule has 0 unspecified atom stereocenters. The number of anilines is 1. The maximum absolute atomic E-state index is 12.6. The average Bonchev–Trinajstić information content (AvgIpc) is 3.40. The van der Waals surface area contributed by atoms with E-state index in [4.69, 9.17) is 0 Å². The van der Waals surface area contributed by atoms with E-state index in [1.165, 1.54) is 24.2 Å². The van der Waals surface area contributed by atoms with Gasteiger partial charge in [0.2, 0.25) is 5.91 Å². The summed E-state index contributed by atoms with van der Waals surface area (Å²) in [5.41, 5.74) is -0.675. The monoisotopic (exact) mass is 387 g/mol. The van der Waals surface area contributed by atoms with Gasteiger partial charge in [-0.2, -0.15) is 5.10 Å². The van der Waals surface area contributed by atoms with Crippen molar-refractivity contribution in [2.75, 3.05) is 11.9 Å². The summed E-state index contributed by atoms with van der Waals surface area (Å²) in [5, 5.41) is 10.2. The summed E-state index contributed by atoms with van der Waals surface area (Å²) in [6.45, 7) is 0.279. The second kappa shape index (κ2) is 7.93. The van der Waals surface area contributed by atoms with Crippen LogP contribution in [0, 0.1) is 0 Å². The Morgan fingerprint density at radius 2 is 1.93 bits per heavy atom. The molecular formula is C20H29N5O3. The normalized spacial score (nSPS) is 22.1. The quantitative estimate of drug-likeness (QED) is 0.734. The molecule has 8 nitrogen and oxygen atoms in total. The Balaban J connectivity index is 1.27. The lowest BCUT2D eigenvalue weighted by atomic mass is 9.96. The SMILES string of the molecule is O=C(CCCN1C(=O)NC2(CCCC2)C1=O)Nc1ccnn1C1CCCCC1. The van der Waals surface area contributed by atoms with Crippen molar-refractivity contribution in [2.24, 2.45) is 0 Å². The second-order valence-electron chi connectivity index (χ2n) is 8.28. The van der Waals surface area contributed by atoms with Crippen molar-refractivity contribution in [3.8, 4) is 0 Å². The van der Waals surface area contributed by atoms with Crippen molar-refractivity contribution in [3.63, 3.8) is 0 Å². The van der Waals surface area contributed by atoms with Gasteiger partial charge in [0.25, 0.3) is 5.91 Å². The molecule has 1 aliphatic heterocycles. The maximum atomic E-state index is 12.6. The van der Waals surface area contributed by atoms with Gasteiger partial charge >= 0.3 is 6.03 Å². The van der Waals surface area contributed by atoms with E-state index < -0.39 is 5.54 Å². The smallest absolute Gasteiger partial charge is 0.323 e. The van der Waals surface area contributed by atoms with Crippen molar-refractivity contribution in [2.45, 2.75) is 82.2 Å². The summed E-state index contributed by atoms with van der Waals surface area (Å²) in [4.78, 5) is 38.5. The van der Waals surface area contributed by atoms with Gasteiger partial charge in [-0.3, -0.25) is 14.5 Å². The molecule has 4 rings (SSSR count). The van der Waals surface area contributed by atoms with E-state index in [1.54, 1.807) is 6.20 Å². The van der Waals surface area contributed by atoms with Crippen molar-refractivity contribution in [1.82, 2.24) is 20.0 Å². The van der Waals surface area contributed by atoms with Crippen molar-refractivity contribution in [3.05, 3.63) is 12.3 Å². The Morgan fingerprint density at radius 1 is 1.18 bits per heavy atom. The van der Waals surface area contributed by atoms with Crippen molar-refractivity contribution in [1.29, 1.82) is 0 Å². The third-order valence-corrected chi connectivity index (χ3v) is 6.35. The fourth-order valence-corrected chi connectivity index (χ4v) is 4.83. The molecule has 2 aliphatic carbocycles.